The lowest BCUT2D eigenvalue weighted by Gasteiger charge is -2.20. The molecule has 1 unspecified atom stereocenters. The zero-order valence-electron chi connectivity index (χ0n) is 8.41. The molecule has 0 amide bonds. The Kier molecular flexibility index (Phi) is 3.38. The summed E-state index contributed by atoms with van der Waals surface area (Å²) in [6.07, 6.45) is 8.34. The summed E-state index contributed by atoms with van der Waals surface area (Å²) >= 11 is 1.84. The lowest BCUT2D eigenvalue weighted by Crippen LogP contribution is -2.23. The summed E-state index contributed by atoms with van der Waals surface area (Å²) in [5.41, 5.74) is 7.50. The van der Waals surface area contributed by atoms with Crippen LogP contribution in [0.4, 0.5) is 0 Å². The Labute approximate surface area is 89.6 Å². The van der Waals surface area contributed by atoms with Gasteiger partial charge in [-0.3, -0.25) is 0 Å². The van der Waals surface area contributed by atoms with Gasteiger partial charge in [0.15, 0.2) is 0 Å². The molecule has 0 saturated heterocycles. The van der Waals surface area contributed by atoms with Crippen LogP contribution in [0.1, 0.15) is 30.6 Å². The van der Waals surface area contributed by atoms with Crippen molar-refractivity contribution in [2.24, 2.45) is 5.73 Å². The molecule has 0 spiro atoms. The smallest absolute Gasteiger partial charge is 0.00829 e. The topological polar surface area (TPSA) is 26.0 Å². The van der Waals surface area contributed by atoms with E-state index in [1.165, 1.54) is 24.1 Å². The first kappa shape index (κ1) is 9.94. The first-order chi connectivity index (χ1) is 6.84. The van der Waals surface area contributed by atoms with E-state index >= 15 is 0 Å². The molecule has 1 aliphatic rings. The van der Waals surface area contributed by atoms with Crippen molar-refractivity contribution < 1.29 is 0 Å². The second kappa shape index (κ2) is 4.76. The molecule has 1 atom stereocenters. The van der Waals surface area contributed by atoms with E-state index < -0.39 is 0 Å². The van der Waals surface area contributed by atoms with Gasteiger partial charge in [0.1, 0.15) is 0 Å². The molecule has 1 fully saturated rings. The molecule has 1 aliphatic carbocycles. The van der Waals surface area contributed by atoms with E-state index in [1.54, 1.807) is 5.57 Å². The van der Waals surface area contributed by atoms with Crippen LogP contribution in [-0.2, 0) is 6.42 Å². The van der Waals surface area contributed by atoms with E-state index in [-0.39, 0.29) is 0 Å². The van der Waals surface area contributed by atoms with Gasteiger partial charge in [-0.05, 0) is 43.6 Å². The quantitative estimate of drug-likeness (QED) is 0.741. The average Bonchev–Trinajstić information content (AvgIpc) is 2.67. The van der Waals surface area contributed by atoms with Gasteiger partial charge in [0.2, 0.25) is 0 Å². The summed E-state index contributed by atoms with van der Waals surface area (Å²) in [4.78, 5) is 1.46. The van der Waals surface area contributed by atoms with Crippen LogP contribution in [0.3, 0.4) is 0 Å². The van der Waals surface area contributed by atoms with Crippen LogP contribution in [0, 0.1) is 0 Å². The summed E-state index contributed by atoms with van der Waals surface area (Å²) in [5, 5.41) is 2.14. The van der Waals surface area contributed by atoms with E-state index in [2.05, 4.69) is 23.6 Å². The molecule has 1 heterocycles. The van der Waals surface area contributed by atoms with Gasteiger partial charge in [-0.1, -0.05) is 17.7 Å². The van der Waals surface area contributed by atoms with E-state index in [0.717, 1.165) is 12.8 Å². The van der Waals surface area contributed by atoms with Crippen molar-refractivity contribution >= 4 is 11.3 Å². The fourth-order valence-corrected chi connectivity index (χ4v) is 2.66. The maximum atomic E-state index is 5.94. The van der Waals surface area contributed by atoms with Gasteiger partial charge in [-0.25, -0.2) is 0 Å². The first-order valence-corrected chi connectivity index (χ1v) is 6.18. The largest absolute Gasteiger partial charge is 0.327 e. The van der Waals surface area contributed by atoms with Crippen molar-refractivity contribution in [3.8, 4) is 0 Å². The highest BCUT2D eigenvalue weighted by Gasteiger charge is 2.12. The second-order valence-corrected chi connectivity index (χ2v) is 5.03. The number of nitrogens with two attached hydrogens (primary N) is 1. The maximum Gasteiger partial charge on any atom is 0.00829 e. The monoisotopic (exact) mass is 207 g/mol. The minimum Gasteiger partial charge on any atom is -0.327 e. The Hall–Kier alpha value is -0.600. The molecular weight excluding hydrogens is 190 g/mol. The molecule has 1 aromatic rings. The minimum absolute atomic E-state index is 0.415. The van der Waals surface area contributed by atoms with Crippen LogP contribution >= 0.6 is 11.3 Å². The summed E-state index contributed by atoms with van der Waals surface area (Å²) < 4.78 is 0. The van der Waals surface area contributed by atoms with Gasteiger partial charge in [-0.15, -0.1) is 11.3 Å². The van der Waals surface area contributed by atoms with Crippen molar-refractivity contribution in [3.63, 3.8) is 0 Å². The van der Waals surface area contributed by atoms with Crippen molar-refractivity contribution in [2.75, 3.05) is 0 Å². The first-order valence-electron chi connectivity index (χ1n) is 5.30. The molecule has 0 bridgehead atoms. The van der Waals surface area contributed by atoms with Gasteiger partial charge in [-0.2, -0.15) is 0 Å². The second-order valence-electron chi connectivity index (χ2n) is 4.00. The Morgan fingerprint density at radius 3 is 3.21 bits per heavy atom. The summed E-state index contributed by atoms with van der Waals surface area (Å²) in [6.45, 7) is 0. The van der Waals surface area contributed by atoms with Crippen molar-refractivity contribution in [2.45, 2.75) is 38.1 Å². The van der Waals surface area contributed by atoms with Crippen LogP contribution in [0.25, 0.3) is 0 Å². The van der Waals surface area contributed by atoms with E-state index in [4.69, 9.17) is 5.73 Å². The predicted octanol–water partition coefficient (Wildman–Crippen LogP) is 3.12. The number of thiophene rings is 1. The molecule has 0 aliphatic heterocycles. The Morgan fingerprint density at radius 1 is 1.57 bits per heavy atom. The number of hydrogen-bond donors (Lipinski definition) is 1. The van der Waals surface area contributed by atoms with Gasteiger partial charge in [0.05, 0.1) is 0 Å². The molecule has 14 heavy (non-hydrogen) atoms. The fourth-order valence-electron chi connectivity index (χ4n) is 1.99. The SMILES string of the molecule is NC1CCC/C(=C/Cc2cccs2)C1. The number of hydrogen-bond acceptors (Lipinski definition) is 2. The van der Waals surface area contributed by atoms with Crippen molar-refractivity contribution in [1.82, 2.24) is 0 Å². The summed E-state index contributed by atoms with van der Waals surface area (Å²) in [5.74, 6) is 0. The molecule has 2 N–H and O–H groups in total. The lowest BCUT2D eigenvalue weighted by molar-refractivity contribution is 0.516. The Bertz CT molecular complexity index is 300. The molecule has 2 heteroatoms. The average molecular weight is 207 g/mol. The van der Waals surface area contributed by atoms with Gasteiger partial charge < -0.3 is 5.73 Å². The highest BCUT2D eigenvalue weighted by Crippen LogP contribution is 2.23. The number of rotatable bonds is 2. The highest BCUT2D eigenvalue weighted by molar-refractivity contribution is 7.09. The van der Waals surface area contributed by atoms with Crippen molar-refractivity contribution in [1.29, 1.82) is 0 Å². The third-order valence-electron chi connectivity index (χ3n) is 2.77. The van der Waals surface area contributed by atoms with Gasteiger partial charge >= 0.3 is 0 Å². The molecule has 0 aromatic carbocycles. The Morgan fingerprint density at radius 2 is 2.50 bits per heavy atom. The molecule has 1 saturated carbocycles. The molecule has 2 rings (SSSR count). The lowest BCUT2D eigenvalue weighted by atomic mass is 9.90. The maximum absolute atomic E-state index is 5.94. The standard InChI is InChI=1S/C12H17NS/c13-11-4-1-3-10(9-11)6-7-12-5-2-8-14-12/h2,5-6,8,11H,1,3-4,7,9,13H2/b10-6-. The van der Waals surface area contributed by atoms with Crippen LogP contribution < -0.4 is 5.73 Å². The van der Waals surface area contributed by atoms with Gasteiger partial charge in [0, 0.05) is 10.9 Å². The van der Waals surface area contributed by atoms with Crippen LogP contribution in [-0.4, -0.2) is 6.04 Å². The van der Waals surface area contributed by atoms with E-state index in [9.17, 15) is 0 Å². The van der Waals surface area contributed by atoms with E-state index in [0.29, 0.717) is 6.04 Å². The highest BCUT2D eigenvalue weighted by atomic mass is 32.1. The predicted molar refractivity (Wildman–Crippen MR) is 62.5 cm³/mol. The normalized spacial score (nSPS) is 25.5. The molecule has 0 radical (unpaired) electrons. The van der Waals surface area contributed by atoms with E-state index in [1.807, 2.05) is 11.3 Å². The zero-order valence-corrected chi connectivity index (χ0v) is 9.22. The van der Waals surface area contributed by atoms with Crippen LogP contribution in [0.5, 0.6) is 0 Å². The third kappa shape index (κ3) is 2.69. The summed E-state index contributed by atoms with van der Waals surface area (Å²) in [7, 11) is 0. The third-order valence-corrected chi connectivity index (χ3v) is 3.67. The molecule has 76 valence electrons. The Balaban J connectivity index is 1.91. The van der Waals surface area contributed by atoms with Gasteiger partial charge in [0.25, 0.3) is 0 Å². The number of allylic oxidation sites excluding steroid dienone is 1. The minimum atomic E-state index is 0.415. The van der Waals surface area contributed by atoms with Crippen LogP contribution in [0.15, 0.2) is 29.2 Å². The molecule has 1 nitrogen and oxygen atoms in total. The molecular formula is C12H17NS. The molecule has 1 aromatic heterocycles. The summed E-state index contributed by atoms with van der Waals surface area (Å²) in [6, 6.07) is 4.73. The van der Waals surface area contributed by atoms with Crippen LogP contribution in [0.2, 0.25) is 0 Å². The zero-order chi connectivity index (χ0) is 9.80. The fraction of sp³-hybridized carbons (Fsp3) is 0.500. The van der Waals surface area contributed by atoms with Crippen molar-refractivity contribution in [3.05, 3.63) is 34.0 Å².